The zero-order valence-electron chi connectivity index (χ0n) is 12.4. The quantitative estimate of drug-likeness (QED) is 0.826. The molecule has 2 N–H and O–H groups in total. The molecule has 2 heterocycles. The second kappa shape index (κ2) is 6.89. The van der Waals surface area contributed by atoms with Gasteiger partial charge in [-0.25, -0.2) is 0 Å². The zero-order chi connectivity index (χ0) is 15.5. The third-order valence-corrected chi connectivity index (χ3v) is 4.12. The summed E-state index contributed by atoms with van der Waals surface area (Å²) in [6.07, 6.45) is -0.898. The van der Waals surface area contributed by atoms with E-state index in [1.54, 1.807) is 0 Å². The van der Waals surface area contributed by atoms with Gasteiger partial charge in [0.2, 0.25) is 0 Å². The molecule has 2 aliphatic heterocycles. The summed E-state index contributed by atoms with van der Waals surface area (Å²) in [6.45, 7) is 4.09. The first-order valence-electron chi connectivity index (χ1n) is 7.60. The van der Waals surface area contributed by atoms with Gasteiger partial charge in [0.1, 0.15) is 12.2 Å². The first-order chi connectivity index (χ1) is 10.7. The van der Waals surface area contributed by atoms with Crippen molar-refractivity contribution in [1.29, 1.82) is 0 Å². The summed E-state index contributed by atoms with van der Waals surface area (Å²) in [4.78, 5) is 0. The summed E-state index contributed by atoms with van der Waals surface area (Å²) >= 11 is 0. The van der Waals surface area contributed by atoms with E-state index in [0.29, 0.717) is 25.0 Å². The van der Waals surface area contributed by atoms with E-state index in [4.69, 9.17) is 19.3 Å². The van der Waals surface area contributed by atoms with Gasteiger partial charge >= 0.3 is 0 Å². The SMILES string of the molecule is C=C(CO)C[C@@H]1C[C@H](O)[C@@H]2O[C@H](c3ccccc3)OC[C@H]2O1. The number of ether oxygens (including phenoxy) is 3. The smallest absolute Gasteiger partial charge is 0.184 e. The maximum absolute atomic E-state index is 10.4. The van der Waals surface area contributed by atoms with Crippen LogP contribution in [0.2, 0.25) is 0 Å². The maximum atomic E-state index is 10.4. The highest BCUT2D eigenvalue weighted by Gasteiger charge is 2.43. The number of aliphatic hydroxyl groups excluding tert-OH is 2. The molecule has 2 saturated heterocycles. The molecular weight excluding hydrogens is 284 g/mol. The summed E-state index contributed by atoms with van der Waals surface area (Å²) in [6, 6.07) is 9.67. The van der Waals surface area contributed by atoms with Gasteiger partial charge in [-0.3, -0.25) is 0 Å². The maximum Gasteiger partial charge on any atom is 0.184 e. The van der Waals surface area contributed by atoms with E-state index in [0.717, 1.165) is 5.56 Å². The number of fused-ring (bicyclic) bond motifs is 1. The van der Waals surface area contributed by atoms with Gasteiger partial charge in [0.25, 0.3) is 0 Å². The normalized spacial score (nSPS) is 34.9. The molecule has 2 fully saturated rings. The lowest BCUT2D eigenvalue weighted by atomic mass is 9.94. The molecule has 0 saturated carbocycles. The van der Waals surface area contributed by atoms with Gasteiger partial charge in [-0.05, 0) is 12.0 Å². The topological polar surface area (TPSA) is 68.2 Å². The second-order valence-corrected chi connectivity index (χ2v) is 5.89. The minimum atomic E-state index is -0.606. The van der Waals surface area contributed by atoms with Gasteiger partial charge in [-0.2, -0.15) is 0 Å². The Hall–Kier alpha value is -1.24. The van der Waals surface area contributed by atoms with E-state index in [2.05, 4.69) is 6.58 Å². The molecule has 0 bridgehead atoms. The zero-order valence-corrected chi connectivity index (χ0v) is 12.4. The highest BCUT2D eigenvalue weighted by Crippen LogP contribution is 2.34. The van der Waals surface area contributed by atoms with Crippen molar-refractivity contribution in [1.82, 2.24) is 0 Å². The van der Waals surface area contributed by atoms with Gasteiger partial charge in [0.15, 0.2) is 6.29 Å². The second-order valence-electron chi connectivity index (χ2n) is 5.89. The molecule has 1 aromatic carbocycles. The molecule has 0 aliphatic carbocycles. The van der Waals surface area contributed by atoms with Crippen molar-refractivity contribution in [2.24, 2.45) is 0 Å². The van der Waals surface area contributed by atoms with Crippen LogP contribution in [-0.2, 0) is 14.2 Å². The number of rotatable bonds is 4. The Morgan fingerprint density at radius 3 is 2.73 bits per heavy atom. The van der Waals surface area contributed by atoms with Gasteiger partial charge < -0.3 is 24.4 Å². The minimum Gasteiger partial charge on any atom is -0.392 e. The van der Waals surface area contributed by atoms with Crippen molar-refractivity contribution in [3.8, 4) is 0 Å². The molecule has 0 spiro atoms. The molecule has 0 radical (unpaired) electrons. The number of aliphatic hydroxyl groups is 2. The summed E-state index contributed by atoms with van der Waals surface area (Å²) < 4.78 is 17.6. The Labute approximate surface area is 130 Å². The molecular formula is C17H22O5. The van der Waals surface area contributed by atoms with Crippen LogP contribution in [0.15, 0.2) is 42.5 Å². The van der Waals surface area contributed by atoms with Crippen LogP contribution in [0.5, 0.6) is 0 Å². The van der Waals surface area contributed by atoms with Gasteiger partial charge in [-0.15, -0.1) is 0 Å². The lowest BCUT2D eigenvalue weighted by Crippen LogP contribution is -2.54. The molecule has 22 heavy (non-hydrogen) atoms. The highest BCUT2D eigenvalue weighted by atomic mass is 16.7. The van der Waals surface area contributed by atoms with Gasteiger partial charge in [0, 0.05) is 12.0 Å². The summed E-state index contributed by atoms with van der Waals surface area (Å²) in [7, 11) is 0. The van der Waals surface area contributed by atoms with Crippen LogP contribution in [0.4, 0.5) is 0 Å². The van der Waals surface area contributed by atoms with Crippen LogP contribution in [0.1, 0.15) is 24.7 Å². The highest BCUT2D eigenvalue weighted by molar-refractivity contribution is 5.16. The standard InChI is InChI=1S/C17H22O5/c1-11(9-18)7-13-8-14(19)16-15(21-13)10-20-17(22-16)12-5-3-2-4-6-12/h2-6,13-19H,1,7-10H2/t13-,14+,15-,16+,17-/m1/s1. The van der Waals surface area contributed by atoms with Gasteiger partial charge in [0.05, 0.1) is 25.4 Å². The Morgan fingerprint density at radius 1 is 1.23 bits per heavy atom. The number of hydrogen-bond acceptors (Lipinski definition) is 5. The van der Waals surface area contributed by atoms with E-state index in [-0.39, 0.29) is 18.8 Å². The largest absolute Gasteiger partial charge is 0.392 e. The first-order valence-corrected chi connectivity index (χ1v) is 7.60. The summed E-state index contributed by atoms with van der Waals surface area (Å²) in [5.74, 6) is 0. The lowest BCUT2D eigenvalue weighted by Gasteiger charge is -2.44. The minimum absolute atomic E-state index is 0.0624. The average Bonchev–Trinajstić information content (AvgIpc) is 2.55. The predicted molar refractivity (Wildman–Crippen MR) is 80.1 cm³/mol. The van der Waals surface area contributed by atoms with Crippen LogP contribution >= 0.6 is 0 Å². The first kappa shape index (κ1) is 15.6. The molecule has 1 aromatic rings. The summed E-state index contributed by atoms with van der Waals surface area (Å²) in [5, 5.41) is 19.4. The van der Waals surface area contributed by atoms with Crippen LogP contribution in [0, 0.1) is 0 Å². The fraction of sp³-hybridized carbons (Fsp3) is 0.529. The molecule has 5 nitrogen and oxygen atoms in total. The van der Waals surface area contributed by atoms with Crippen molar-refractivity contribution < 1.29 is 24.4 Å². The van der Waals surface area contributed by atoms with Gasteiger partial charge in [-0.1, -0.05) is 36.9 Å². The van der Waals surface area contributed by atoms with E-state index in [1.807, 2.05) is 30.3 Å². The molecule has 3 rings (SSSR count). The van der Waals surface area contributed by atoms with Crippen molar-refractivity contribution >= 4 is 0 Å². The van der Waals surface area contributed by atoms with Crippen LogP contribution < -0.4 is 0 Å². The van der Waals surface area contributed by atoms with Crippen molar-refractivity contribution in [2.75, 3.05) is 13.2 Å². The molecule has 5 atom stereocenters. The van der Waals surface area contributed by atoms with Crippen LogP contribution in [-0.4, -0.2) is 47.8 Å². The van der Waals surface area contributed by atoms with Crippen molar-refractivity contribution in [3.63, 3.8) is 0 Å². The molecule has 0 aromatic heterocycles. The predicted octanol–water partition coefficient (Wildman–Crippen LogP) is 1.56. The Morgan fingerprint density at radius 2 is 2.00 bits per heavy atom. The van der Waals surface area contributed by atoms with Crippen molar-refractivity contribution in [2.45, 2.75) is 43.5 Å². The third kappa shape index (κ3) is 3.39. The third-order valence-electron chi connectivity index (χ3n) is 4.12. The lowest BCUT2D eigenvalue weighted by molar-refractivity contribution is -0.309. The fourth-order valence-corrected chi connectivity index (χ4v) is 3.01. The van der Waals surface area contributed by atoms with E-state index in [9.17, 15) is 5.11 Å². The Bertz CT molecular complexity index is 503. The van der Waals surface area contributed by atoms with E-state index < -0.39 is 18.5 Å². The van der Waals surface area contributed by atoms with E-state index >= 15 is 0 Å². The molecule has 0 amide bonds. The number of benzene rings is 1. The van der Waals surface area contributed by atoms with Crippen LogP contribution in [0.25, 0.3) is 0 Å². The molecule has 120 valence electrons. The van der Waals surface area contributed by atoms with Crippen LogP contribution in [0.3, 0.4) is 0 Å². The van der Waals surface area contributed by atoms with E-state index in [1.165, 1.54) is 0 Å². The molecule has 0 unspecified atom stereocenters. The monoisotopic (exact) mass is 306 g/mol. The van der Waals surface area contributed by atoms with Crippen molar-refractivity contribution in [3.05, 3.63) is 48.0 Å². The summed E-state index contributed by atoms with van der Waals surface area (Å²) in [5.41, 5.74) is 1.64. The molecule has 2 aliphatic rings. The number of hydrogen-bond donors (Lipinski definition) is 2. The average molecular weight is 306 g/mol. The fourth-order valence-electron chi connectivity index (χ4n) is 3.01. The Balaban J connectivity index is 1.63. The Kier molecular flexibility index (Phi) is 4.90. The molecule has 5 heteroatoms.